The van der Waals surface area contributed by atoms with Gasteiger partial charge in [-0.3, -0.25) is 9.59 Å². The van der Waals surface area contributed by atoms with Crippen LogP contribution in [0.15, 0.2) is 54.6 Å². The molecule has 0 saturated carbocycles. The summed E-state index contributed by atoms with van der Waals surface area (Å²) in [6, 6.07) is 16.4. The minimum absolute atomic E-state index is 0.0230. The monoisotopic (exact) mass is 365 g/mol. The summed E-state index contributed by atoms with van der Waals surface area (Å²) in [7, 11) is 0. The van der Waals surface area contributed by atoms with E-state index in [4.69, 9.17) is 5.73 Å². The predicted molar refractivity (Wildman–Crippen MR) is 107 cm³/mol. The van der Waals surface area contributed by atoms with Crippen LogP contribution in [0.2, 0.25) is 0 Å². The first-order valence-corrected chi connectivity index (χ1v) is 9.53. The highest BCUT2D eigenvalue weighted by atomic mass is 16.2. The van der Waals surface area contributed by atoms with E-state index in [1.165, 1.54) is 0 Å². The molecule has 0 spiro atoms. The van der Waals surface area contributed by atoms with Crippen molar-refractivity contribution < 1.29 is 9.59 Å². The molecule has 5 nitrogen and oxygen atoms in total. The number of hydrogen-bond acceptors (Lipinski definition) is 3. The van der Waals surface area contributed by atoms with E-state index in [9.17, 15) is 9.59 Å². The number of carbonyl (C=O) groups is 2. The zero-order valence-corrected chi connectivity index (χ0v) is 15.7. The highest BCUT2D eigenvalue weighted by Crippen LogP contribution is 2.23. The van der Waals surface area contributed by atoms with Gasteiger partial charge >= 0.3 is 0 Å². The number of nitrogens with one attached hydrogen (secondary N) is 1. The minimum atomic E-state index is -0.377. The zero-order chi connectivity index (χ0) is 19.2. The van der Waals surface area contributed by atoms with E-state index in [1.54, 1.807) is 12.1 Å². The molecule has 1 aliphatic rings. The smallest absolute Gasteiger partial charge is 0.255 e. The number of piperidine rings is 1. The minimum Gasteiger partial charge on any atom is -0.339 e. The van der Waals surface area contributed by atoms with Crippen LogP contribution in [0.4, 0.5) is 5.69 Å². The summed E-state index contributed by atoms with van der Waals surface area (Å²) in [6.07, 6.45) is 2.20. The zero-order valence-electron chi connectivity index (χ0n) is 15.7. The van der Waals surface area contributed by atoms with E-state index in [-0.39, 0.29) is 24.3 Å². The Morgan fingerprint density at radius 1 is 1.07 bits per heavy atom. The average Bonchev–Trinajstić information content (AvgIpc) is 2.69. The molecule has 3 N–H and O–H groups in total. The van der Waals surface area contributed by atoms with E-state index in [0.717, 1.165) is 31.5 Å². The van der Waals surface area contributed by atoms with Crippen molar-refractivity contribution in [1.82, 2.24) is 4.90 Å². The van der Waals surface area contributed by atoms with Gasteiger partial charge in [0.05, 0.1) is 11.3 Å². The predicted octanol–water partition coefficient (Wildman–Crippen LogP) is 3.59. The van der Waals surface area contributed by atoms with Crippen LogP contribution < -0.4 is 11.1 Å². The standard InChI is InChI=1S/C22H27N3O2/c1-16-11-13-25(14-12-16)22(27)18-9-5-6-10-20(18)24-21(26)15-19(23)17-7-3-2-4-8-17/h2-10,16,19H,11-15,23H2,1H3,(H,24,26). The van der Waals surface area contributed by atoms with Gasteiger partial charge in [-0.25, -0.2) is 0 Å². The number of amides is 2. The Morgan fingerprint density at radius 3 is 2.41 bits per heavy atom. The molecule has 2 aromatic carbocycles. The van der Waals surface area contributed by atoms with Gasteiger partial charge in [0, 0.05) is 25.6 Å². The number of likely N-dealkylation sites (tertiary alicyclic amines) is 1. The first kappa shape index (κ1) is 19.1. The van der Waals surface area contributed by atoms with E-state index in [1.807, 2.05) is 47.4 Å². The van der Waals surface area contributed by atoms with Gasteiger partial charge in [0.2, 0.25) is 5.91 Å². The number of benzene rings is 2. The molecular formula is C22H27N3O2. The van der Waals surface area contributed by atoms with Crippen LogP contribution in [0.1, 0.15) is 48.1 Å². The van der Waals surface area contributed by atoms with E-state index >= 15 is 0 Å². The van der Waals surface area contributed by atoms with E-state index in [2.05, 4.69) is 12.2 Å². The molecule has 27 heavy (non-hydrogen) atoms. The number of nitrogens with zero attached hydrogens (tertiary/aromatic N) is 1. The first-order chi connectivity index (χ1) is 13.0. The molecule has 3 rings (SSSR count). The van der Waals surface area contributed by atoms with Crippen LogP contribution in [0.5, 0.6) is 0 Å². The van der Waals surface area contributed by atoms with Gasteiger partial charge < -0.3 is 16.0 Å². The first-order valence-electron chi connectivity index (χ1n) is 9.53. The summed E-state index contributed by atoms with van der Waals surface area (Å²) in [6.45, 7) is 3.74. The van der Waals surface area contributed by atoms with Crippen LogP contribution in [0, 0.1) is 5.92 Å². The van der Waals surface area contributed by atoms with Crippen molar-refractivity contribution in [2.75, 3.05) is 18.4 Å². The molecule has 1 saturated heterocycles. The van der Waals surface area contributed by atoms with Crippen LogP contribution in [0.3, 0.4) is 0 Å². The van der Waals surface area contributed by atoms with Crippen molar-refractivity contribution in [3.63, 3.8) is 0 Å². The SMILES string of the molecule is CC1CCN(C(=O)c2ccccc2NC(=O)CC(N)c2ccccc2)CC1. The molecule has 0 aliphatic carbocycles. The maximum atomic E-state index is 12.9. The van der Waals surface area contributed by atoms with Crippen LogP contribution in [-0.4, -0.2) is 29.8 Å². The molecule has 142 valence electrons. The van der Waals surface area contributed by atoms with Gasteiger partial charge in [-0.2, -0.15) is 0 Å². The van der Waals surface area contributed by atoms with Crippen molar-refractivity contribution in [1.29, 1.82) is 0 Å². The van der Waals surface area contributed by atoms with Crippen LogP contribution in [0.25, 0.3) is 0 Å². The summed E-state index contributed by atoms with van der Waals surface area (Å²) in [5.41, 5.74) is 8.14. The fourth-order valence-corrected chi connectivity index (χ4v) is 3.38. The number of rotatable bonds is 5. The molecule has 1 unspecified atom stereocenters. The largest absolute Gasteiger partial charge is 0.339 e. The van der Waals surface area contributed by atoms with Crippen molar-refractivity contribution in [2.45, 2.75) is 32.2 Å². The summed E-state index contributed by atoms with van der Waals surface area (Å²) >= 11 is 0. The third-order valence-electron chi connectivity index (χ3n) is 5.14. The van der Waals surface area contributed by atoms with Crippen molar-refractivity contribution in [2.24, 2.45) is 11.7 Å². The number of carbonyl (C=O) groups excluding carboxylic acids is 2. The quantitative estimate of drug-likeness (QED) is 0.850. The van der Waals surface area contributed by atoms with Crippen LogP contribution in [-0.2, 0) is 4.79 Å². The molecule has 1 aliphatic heterocycles. The summed E-state index contributed by atoms with van der Waals surface area (Å²) in [5.74, 6) is 0.437. The molecule has 5 heteroatoms. The Kier molecular flexibility index (Phi) is 6.24. The van der Waals surface area contributed by atoms with Gasteiger partial charge in [0.25, 0.3) is 5.91 Å². The second-order valence-electron chi connectivity index (χ2n) is 7.29. The molecular weight excluding hydrogens is 338 g/mol. The van der Waals surface area contributed by atoms with Crippen molar-refractivity contribution >= 4 is 17.5 Å². The second-order valence-corrected chi connectivity index (χ2v) is 7.29. The molecule has 0 bridgehead atoms. The molecule has 1 heterocycles. The topological polar surface area (TPSA) is 75.4 Å². The van der Waals surface area contributed by atoms with E-state index in [0.29, 0.717) is 17.2 Å². The van der Waals surface area contributed by atoms with Gasteiger partial charge in [-0.15, -0.1) is 0 Å². The summed E-state index contributed by atoms with van der Waals surface area (Å²) < 4.78 is 0. The normalized spacial score (nSPS) is 16.0. The van der Waals surface area contributed by atoms with Crippen molar-refractivity contribution in [3.05, 3.63) is 65.7 Å². The molecule has 2 aromatic rings. The number of para-hydroxylation sites is 1. The van der Waals surface area contributed by atoms with E-state index < -0.39 is 0 Å². The number of nitrogens with two attached hydrogens (primary N) is 1. The van der Waals surface area contributed by atoms with Crippen LogP contribution >= 0.6 is 0 Å². The Hall–Kier alpha value is -2.66. The molecule has 1 atom stereocenters. The maximum absolute atomic E-state index is 12.9. The summed E-state index contributed by atoms with van der Waals surface area (Å²) in [4.78, 5) is 27.3. The lowest BCUT2D eigenvalue weighted by molar-refractivity contribution is -0.116. The fraction of sp³-hybridized carbons (Fsp3) is 0.364. The lowest BCUT2D eigenvalue weighted by Gasteiger charge is -2.30. The maximum Gasteiger partial charge on any atom is 0.255 e. The third kappa shape index (κ3) is 4.95. The Morgan fingerprint density at radius 2 is 1.70 bits per heavy atom. The molecule has 1 fully saturated rings. The molecule has 2 amide bonds. The second kappa shape index (κ2) is 8.82. The lowest BCUT2D eigenvalue weighted by atomic mass is 9.98. The summed E-state index contributed by atoms with van der Waals surface area (Å²) in [5, 5.41) is 2.87. The van der Waals surface area contributed by atoms with Gasteiger partial charge in [0.1, 0.15) is 0 Å². The van der Waals surface area contributed by atoms with Crippen molar-refractivity contribution in [3.8, 4) is 0 Å². The lowest BCUT2D eigenvalue weighted by Crippen LogP contribution is -2.38. The molecule has 0 radical (unpaired) electrons. The number of hydrogen-bond donors (Lipinski definition) is 2. The Bertz CT molecular complexity index is 783. The fourth-order valence-electron chi connectivity index (χ4n) is 3.38. The molecule has 0 aromatic heterocycles. The van der Waals surface area contributed by atoms with Gasteiger partial charge in [-0.05, 0) is 36.5 Å². The Balaban J connectivity index is 1.67. The number of anilines is 1. The third-order valence-corrected chi connectivity index (χ3v) is 5.14. The van der Waals surface area contributed by atoms with Gasteiger partial charge in [-0.1, -0.05) is 49.4 Å². The van der Waals surface area contributed by atoms with Gasteiger partial charge in [0.15, 0.2) is 0 Å². The Labute approximate surface area is 160 Å². The highest BCUT2D eigenvalue weighted by Gasteiger charge is 2.23. The average molecular weight is 365 g/mol. The highest BCUT2D eigenvalue weighted by molar-refractivity contribution is 6.03.